The minimum absolute atomic E-state index is 0.352. The van der Waals surface area contributed by atoms with Crippen molar-refractivity contribution < 1.29 is 4.74 Å². The predicted octanol–water partition coefficient (Wildman–Crippen LogP) is 3.12. The first-order valence-corrected chi connectivity index (χ1v) is 7.11. The highest BCUT2D eigenvalue weighted by atomic mass is 16.5. The first-order valence-electron chi connectivity index (χ1n) is 7.11. The minimum Gasteiger partial charge on any atom is -0.381 e. The molecular formula is C14H27NO. The Labute approximate surface area is 100 Å². The van der Waals surface area contributed by atoms with Crippen molar-refractivity contribution in [2.75, 3.05) is 19.8 Å². The van der Waals surface area contributed by atoms with Gasteiger partial charge in [0.2, 0.25) is 0 Å². The van der Waals surface area contributed by atoms with Crippen molar-refractivity contribution in [3.05, 3.63) is 0 Å². The first-order chi connectivity index (χ1) is 7.79. The third-order valence-electron chi connectivity index (χ3n) is 4.39. The van der Waals surface area contributed by atoms with E-state index in [0.717, 1.165) is 19.1 Å². The molecule has 16 heavy (non-hydrogen) atoms. The van der Waals surface area contributed by atoms with Gasteiger partial charge in [0.1, 0.15) is 0 Å². The summed E-state index contributed by atoms with van der Waals surface area (Å²) >= 11 is 0. The summed E-state index contributed by atoms with van der Waals surface area (Å²) in [5.74, 6) is 0.933. The fourth-order valence-corrected chi connectivity index (χ4v) is 2.96. The Morgan fingerprint density at radius 3 is 2.31 bits per heavy atom. The van der Waals surface area contributed by atoms with Crippen molar-refractivity contribution in [2.45, 2.75) is 63.8 Å². The fourth-order valence-electron chi connectivity index (χ4n) is 2.96. The van der Waals surface area contributed by atoms with Crippen molar-refractivity contribution in [2.24, 2.45) is 5.92 Å². The van der Waals surface area contributed by atoms with E-state index in [2.05, 4.69) is 12.2 Å². The van der Waals surface area contributed by atoms with E-state index in [9.17, 15) is 0 Å². The number of hydrogen-bond donors (Lipinski definition) is 1. The van der Waals surface area contributed by atoms with Gasteiger partial charge in [-0.2, -0.15) is 0 Å². The summed E-state index contributed by atoms with van der Waals surface area (Å²) in [7, 11) is 0. The second kappa shape index (κ2) is 6.02. The van der Waals surface area contributed by atoms with Crippen molar-refractivity contribution in [1.82, 2.24) is 5.32 Å². The maximum atomic E-state index is 5.44. The van der Waals surface area contributed by atoms with E-state index in [1.165, 1.54) is 57.9 Å². The van der Waals surface area contributed by atoms with E-state index in [0.29, 0.717) is 5.54 Å². The molecule has 0 atom stereocenters. The Balaban J connectivity index is 1.72. The molecule has 0 bridgehead atoms. The number of rotatable bonds is 3. The molecule has 0 spiro atoms. The molecule has 0 aromatic rings. The standard InChI is InChI=1S/C14H27NO/c1-14(8-10-16-11-9-14)15-12-13-6-4-2-3-5-7-13/h13,15H,2-12H2,1H3. The second-order valence-corrected chi connectivity index (χ2v) is 5.91. The van der Waals surface area contributed by atoms with Crippen LogP contribution in [-0.4, -0.2) is 25.3 Å². The molecule has 0 aromatic carbocycles. The lowest BCUT2D eigenvalue weighted by molar-refractivity contribution is 0.0434. The topological polar surface area (TPSA) is 21.3 Å². The van der Waals surface area contributed by atoms with Crippen molar-refractivity contribution in [1.29, 1.82) is 0 Å². The summed E-state index contributed by atoms with van der Waals surface area (Å²) in [5, 5.41) is 3.82. The molecule has 1 saturated heterocycles. The molecule has 2 heteroatoms. The molecule has 0 unspecified atom stereocenters. The number of ether oxygens (including phenoxy) is 1. The smallest absolute Gasteiger partial charge is 0.0483 e. The van der Waals surface area contributed by atoms with Crippen LogP contribution in [0.15, 0.2) is 0 Å². The highest BCUT2D eigenvalue weighted by Crippen LogP contribution is 2.25. The Bertz CT molecular complexity index is 191. The van der Waals surface area contributed by atoms with Gasteiger partial charge in [0, 0.05) is 18.8 Å². The molecule has 0 radical (unpaired) electrons. The Morgan fingerprint density at radius 1 is 1.06 bits per heavy atom. The zero-order chi connectivity index (χ0) is 11.3. The van der Waals surface area contributed by atoms with Crippen LogP contribution in [0.1, 0.15) is 58.3 Å². The van der Waals surface area contributed by atoms with Crippen LogP contribution in [0.2, 0.25) is 0 Å². The van der Waals surface area contributed by atoms with Crippen LogP contribution in [0.25, 0.3) is 0 Å². The first kappa shape index (κ1) is 12.4. The van der Waals surface area contributed by atoms with Crippen molar-refractivity contribution in [3.8, 4) is 0 Å². The maximum absolute atomic E-state index is 5.44. The Kier molecular flexibility index (Phi) is 4.66. The summed E-state index contributed by atoms with van der Waals surface area (Å²) in [6, 6.07) is 0. The molecule has 2 fully saturated rings. The van der Waals surface area contributed by atoms with Crippen LogP contribution < -0.4 is 5.32 Å². The fraction of sp³-hybridized carbons (Fsp3) is 1.00. The SMILES string of the molecule is CC1(NCC2CCCCCC2)CCOCC1. The van der Waals surface area contributed by atoms with Crippen LogP contribution in [0, 0.1) is 5.92 Å². The van der Waals surface area contributed by atoms with Gasteiger partial charge in [-0.3, -0.25) is 0 Å². The van der Waals surface area contributed by atoms with E-state index in [1.807, 2.05) is 0 Å². The summed E-state index contributed by atoms with van der Waals surface area (Å²) in [6.07, 6.45) is 11.1. The summed E-state index contributed by atoms with van der Waals surface area (Å²) in [6.45, 7) is 5.48. The molecule has 0 amide bonds. The monoisotopic (exact) mass is 225 g/mol. The lowest BCUT2D eigenvalue weighted by atomic mass is 9.91. The van der Waals surface area contributed by atoms with Crippen molar-refractivity contribution >= 4 is 0 Å². The number of hydrogen-bond acceptors (Lipinski definition) is 2. The van der Waals surface area contributed by atoms with Gasteiger partial charge in [0.05, 0.1) is 0 Å². The highest BCUT2D eigenvalue weighted by Gasteiger charge is 2.27. The third-order valence-corrected chi connectivity index (χ3v) is 4.39. The van der Waals surface area contributed by atoms with Gasteiger partial charge in [-0.15, -0.1) is 0 Å². The summed E-state index contributed by atoms with van der Waals surface area (Å²) in [4.78, 5) is 0. The lowest BCUT2D eigenvalue weighted by Gasteiger charge is -2.36. The lowest BCUT2D eigenvalue weighted by Crippen LogP contribution is -2.48. The van der Waals surface area contributed by atoms with Crippen LogP contribution >= 0.6 is 0 Å². The van der Waals surface area contributed by atoms with E-state index in [-0.39, 0.29) is 0 Å². The van der Waals surface area contributed by atoms with Crippen LogP contribution in [-0.2, 0) is 4.74 Å². The Morgan fingerprint density at radius 2 is 1.69 bits per heavy atom. The zero-order valence-corrected chi connectivity index (χ0v) is 10.8. The quantitative estimate of drug-likeness (QED) is 0.745. The summed E-state index contributed by atoms with van der Waals surface area (Å²) in [5.41, 5.74) is 0.352. The molecule has 2 aliphatic rings. The minimum atomic E-state index is 0.352. The maximum Gasteiger partial charge on any atom is 0.0483 e. The molecule has 1 aliphatic carbocycles. The molecule has 94 valence electrons. The van der Waals surface area contributed by atoms with E-state index in [4.69, 9.17) is 4.74 Å². The summed E-state index contributed by atoms with van der Waals surface area (Å²) < 4.78 is 5.44. The van der Waals surface area contributed by atoms with Crippen molar-refractivity contribution in [3.63, 3.8) is 0 Å². The highest BCUT2D eigenvalue weighted by molar-refractivity contribution is 4.86. The van der Waals surface area contributed by atoms with Gasteiger partial charge in [-0.25, -0.2) is 0 Å². The van der Waals surface area contributed by atoms with Gasteiger partial charge in [-0.1, -0.05) is 25.7 Å². The molecule has 1 saturated carbocycles. The Hall–Kier alpha value is -0.0800. The van der Waals surface area contributed by atoms with Gasteiger partial charge >= 0.3 is 0 Å². The second-order valence-electron chi connectivity index (χ2n) is 5.91. The largest absolute Gasteiger partial charge is 0.381 e. The predicted molar refractivity (Wildman–Crippen MR) is 67.7 cm³/mol. The molecule has 0 aromatic heterocycles. The van der Waals surface area contributed by atoms with Gasteiger partial charge in [0.15, 0.2) is 0 Å². The van der Waals surface area contributed by atoms with Gasteiger partial charge < -0.3 is 10.1 Å². The van der Waals surface area contributed by atoms with E-state index >= 15 is 0 Å². The average molecular weight is 225 g/mol. The third kappa shape index (κ3) is 3.74. The van der Waals surface area contributed by atoms with E-state index < -0.39 is 0 Å². The van der Waals surface area contributed by atoms with Crippen LogP contribution in [0.3, 0.4) is 0 Å². The van der Waals surface area contributed by atoms with Crippen LogP contribution in [0.4, 0.5) is 0 Å². The van der Waals surface area contributed by atoms with Gasteiger partial charge in [0.25, 0.3) is 0 Å². The molecule has 1 heterocycles. The average Bonchev–Trinajstić information content (AvgIpc) is 2.56. The molecular weight excluding hydrogens is 198 g/mol. The van der Waals surface area contributed by atoms with E-state index in [1.54, 1.807) is 0 Å². The van der Waals surface area contributed by atoms with Crippen LogP contribution in [0.5, 0.6) is 0 Å². The molecule has 2 rings (SSSR count). The number of nitrogens with one attached hydrogen (secondary N) is 1. The molecule has 1 N–H and O–H groups in total. The zero-order valence-electron chi connectivity index (χ0n) is 10.8. The molecule has 2 nitrogen and oxygen atoms in total. The normalized spacial score (nSPS) is 27.6. The van der Waals surface area contributed by atoms with Gasteiger partial charge in [-0.05, 0) is 45.1 Å². The molecule has 1 aliphatic heterocycles.